The quantitative estimate of drug-likeness (QED) is 0.0144. The fourth-order valence-corrected chi connectivity index (χ4v) is 78.8. The van der Waals surface area contributed by atoms with Crippen molar-refractivity contribution >= 4 is 123 Å². The van der Waals surface area contributed by atoms with Crippen LogP contribution in [0.2, 0.25) is 177 Å². The van der Waals surface area contributed by atoms with Gasteiger partial charge in [-0.2, -0.15) is 0 Å². The summed E-state index contributed by atoms with van der Waals surface area (Å²) in [6.45, 7) is 76.8. The van der Waals surface area contributed by atoms with Gasteiger partial charge in [-0.05, 0) is 255 Å². The van der Waals surface area contributed by atoms with Crippen molar-refractivity contribution in [2.24, 2.45) is 0 Å². The number of esters is 1. The standard InChI is InChI=1S/C42H114N4O14Si13.C29H58N4O.CH4/c1-30-31-33-44-36-39-46(38-35-43-2)40-37-45-34-32-42(47)48-41-62(6,7)50-64(10,11)52-66(14,15)54-68(18,19)56-70(22,23)58-72(26,27)60-73(28,29)59-71(24,25)57-69(20,21)55-67(16,17)53-65(12,13)51-63(8,9)49-61(3,4)5;1-4-6-8-9-10-11-12-13-14-15-16-17-18-19-20-21-29(34)32-25-28-33(26-23-30-3)27-24-31-22-7-5-2;/h43-45H,30-41H2,1-29H3;10-11,13-14,30-31H,4-9,12,15-28H2,1-3H3,(H,32,34);1H4/b;11-10-,14-13-;. The van der Waals surface area contributed by atoms with Crippen LogP contribution in [0.3, 0.4) is 0 Å². The van der Waals surface area contributed by atoms with E-state index in [0.29, 0.717) is 19.4 Å². The third-order valence-electron chi connectivity index (χ3n) is 15.8. The first-order valence-corrected chi connectivity index (χ1v) is 78.6. The maximum Gasteiger partial charge on any atom is 0.314 e. The highest BCUT2D eigenvalue weighted by Gasteiger charge is 2.52. The van der Waals surface area contributed by atoms with Crippen molar-refractivity contribution in [1.82, 2.24) is 41.7 Å². The normalized spacial score (nSPS) is 13.8. The molecule has 0 saturated carbocycles. The molecule has 0 saturated heterocycles. The van der Waals surface area contributed by atoms with Crippen LogP contribution in [-0.2, 0) is 63.7 Å². The predicted molar refractivity (Wildman–Crippen MR) is 490 cm³/mol. The molecule has 36 heteroatoms. The van der Waals surface area contributed by atoms with Crippen molar-refractivity contribution in [1.29, 1.82) is 0 Å². The summed E-state index contributed by atoms with van der Waals surface area (Å²) in [6, 6.07) is 0. The van der Waals surface area contributed by atoms with Crippen LogP contribution < -0.4 is 31.9 Å². The Hall–Kier alpha value is 0.479. The molecular weight excluding hydrogens is 1580 g/mol. The lowest BCUT2D eigenvalue weighted by Crippen LogP contribution is -2.63. The molecule has 0 spiro atoms. The Balaban J connectivity index is -0.00000263. The van der Waals surface area contributed by atoms with Crippen molar-refractivity contribution in [3.8, 4) is 0 Å². The van der Waals surface area contributed by atoms with E-state index in [1.165, 1.54) is 77.0 Å². The Kier molecular flexibility index (Phi) is 59.2. The number of likely N-dealkylation sites (N-methyl/N-ethyl adjacent to an activating group) is 2. The fraction of sp³-hybridized carbons (Fsp3) is 0.917. The molecule has 0 bridgehead atoms. The minimum atomic E-state index is -2.82. The van der Waals surface area contributed by atoms with Crippen molar-refractivity contribution < 1.29 is 63.7 Å². The maximum absolute atomic E-state index is 12.8. The van der Waals surface area contributed by atoms with Crippen molar-refractivity contribution in [3.05, 3.63) is 24.3 Å². The van der Waals surface area contributed by atoms with Crippen LogP contribution in [0.4, 0.5) is 0 Å². The molecular formula is C72H176N8O15Si13. The van der Waals surface area contributed by atoms with E-state index in [9.17, 15) is 9.59 Å². The molecule has 108 heavy (non-hydrogen) atoms. The highest BCUT2D eigenvalue weighted by Crippen LogP contribution is 2.32. The zero-order chi connectivity index (χ0) is 82.4. The van der Waals surface area contributed by atoms with Gasteiger partial charge >= 0.3 is 100 Å². The molecule has 1 amide bonds. The summed E-state index contributed by atoms with van der Waals surface area (Å²) >= 11 is 0. The molecule has 0 radical (unpaired) electrons. The average Bonchev–Trinajstić information content (AvgIpc) is 0.803. The van der Waals surface area contributed by atoms with Gasteiger partial charge in [0.05, 0.1) is 6.42 Å². The van der Waals surface area contributed by atoms with Gasteiger partial charge in [0.25, 0.3) is 0 Å². The van der Waals surface area contributed by atoms with Crippen LogP contribution in [0.25, 0.3) is 0 Å². The van der Waals surface area contributed by atoms with E-state index >= 15 is 0 Å². The number of carbonyl (C=O) groups excluding carboxylic acids is 2. The highest BCUT2D eigenvalue weighted by atomic mass is 28.5. The molecule has 23 nitrogen and oxygen atoms in total. The first kappa shape index (κ1) is 113. The van der Waals surface area contributed by atoms with Crippen LogP contribution in [0, 0.1) is 0 Å². The average molecular weight is 1760 g/mol. The molecule has 0 aromatic carbocycles. The Labute approximate surface area is 680 Å². The van der Waals surface area contributed by atoms with Crippen molar-refractivity contribution in [2.75, 3.05) is 118 Å². The van der Waals surface area contributed by atoms with Gasteiger partial charge < -0.3 is 86.0 Å². The molecule has 0 atom stereocenters. The number of ether oxygens (including phenoxy) is 1. The van der Waals surface area contributed by atoms with E-state index in [0.717, 1.165) is 111 Å². The largest absolute Gasteiger partial charge is 0.466 e. The molecule has 0 aliphatic rings. The van der Waals surface area contributed by atoms with Gasteiger partial charge in [-0.15, -0.1) is 0 Å². The summed E-state index contributed by atoms with van der Waals surface area (Å²) in [5.41, 5.74) is 0. The SMILES string of the molecule is C.CCCCC/C=C\C/C=C\CCCCCCCC(=O)NCCN(CCNC)CCNCCCC.CCCCNCCN(CCNC)CCNCCC(=O)OC[Si](C)(C)O[Si](C)(C)O[Si](C)(C)O[Si](C)(C)O[Si](C)(C)O[Si](C)(C)O[Si](C)(C)O[Si](C)(C)O[Si](C)(C)O[Si](C)(C)O[Si](C)(C)O[Si](C)(C)O[Si](C)(C)C. The molecule has 0 aliphatic carbocycles. The van der Waals surface area contributed by atoms with Crippen LogP contribution in [-0.4, -0.2) is 251 Å². The smallest absolute Gasteiger partial charge is 0.314 e. The van der Waals surface area contributed by atoms with E-state index in [4.69, 9.17) is 54.1 Å². The lowest BCUT2D eigenvalue weighted by molar-refractivity contribution is -0.142. The summed E-state index contributed by atoms with van der Waals surface area (Å²) in [5.74, 6) is -0.0166. The molecule has 0 unspecified atom stereocenters. The molecule has 646 valence electrons. The van der Waals surface area contributed by atoms with Gasteiger partial charge in [0.15, 0.2) is 8.32 Å². The first-order valence-electron chi connectivity index (χ1n) is 41.1. The topological polar surface area (TPSA) is 233 Å². The minimum Gasteiger partial charge on any atom is -0.466 e. The van der Waals surface area contributed by atoms with E-state index in [2.05, 4.69) is 224 Å². The van der Waals surface area contributed by atoms with Crippen LogP contribution >= 0.6 is 0 Å². The predicted octanol–water partition coefficient (Wildman–Crippen LogP) is 16.4. The summed E-state index contributed by atoms with van der Waals surface area (Å²) in [7, 11) is -30.2. The lowest BCUT2D eigenvalue weighted by Gasteiger charge is -2.45. The summed E-state index contributed by atoms with van der Waals surface area (Å²) in [5, 5.41) is 20.0. The molecule has 6 N–H and O–H groups in total. The number of carbonyl (C=O) groups is 2. The van der Waals surface area contributed by atoms with Gasteiger partial charge in [0, 0.05) is 91.5 Å². The van der Waals surface area contributed by atoms with E-state index in [1.54, 1.807) is 0 Å². The molecule has 0 aromatic heterocycles. The Bertz CT molecular complexity index is 2390. The molecule has 0 aliphatic heterocycles. The van der Waals surface area contributed by atoms with Crippen molar-refractivity contribution in [3.63, 3.8) is 0 Å². The van der Waals surface area contributed by atoms with Crippen molar-refractivity contribution in [2.45, 2.75) is 314 Å². The zero-order valence-corrected chi connectivity index (χ0v) is 88.2. The van der Waals surface area contributed by atoms with E-state index in [1.807, 2.05) is 53.4 Å². The lowest BCUT2D eigenvalue weighted by atomic mass is 10.1. The Morgan fingerprint density at radius 2 is 0.611 bits per heavy atom. The fourth-order valence-electron chi connectivity index (χ4n) is 13.5. The first-order chi connectivity index (χ1) is 49.1. The van der Waals surface area contributed by atoms with Crippen LogP contribution in [0.5, 0.6) is 0 Å². The third kappa shape index (κ3) is 68.5. The number of allylic oxidation sites excluding steroid dienone is 4. The second-order valence-electron chi connectivity index (χ2n) is 35.1. The third-order valence-corrected chi connectivity index (χ3v) is 64.5. The van der Waals surface area contributed by atoms with Gasteiger partial charge in [0.1, 0.15) is 6.23 Å². The number of nitrogens with zero attached hydrogens (tertiary/aromatic N) is 2. The number of hydrogen-bond donors (Lipinski definition) is 6. The van der Waals surface area contributed by atoms with Gasteiger partial charge in [-0.3, -0.25) is 19.4 Å². The highest BCUT2D eigenvalue weighted by molar-refractivity contribution is 6.94. The molecule has 0 aromatic rings. The summed E-state index contributed by atoms with van der Waals surface area (Å²) in [4.78, 5) is 29.8. The summed E-state index contributed by atoms with van der Waals surface area (Å²) in [6.07, 6.45) is 28.7. The maximum atomic E-state index is 12.8. The van der Waals surface area contributed by atoms with Gasteiger partial charge in [0.2, 0.25) is 14.2 Å². The van der Waals surface area contributed by atoms with E-state index < -0.39 is 111 Å². The number of unbranched alkanes of at least 4 members (excludes halogenated alkanes) is 10. The number of nitrogens with one attached hydrogen (secondary N) is 6. The van der Waals surface area contributed by atoms with Gasteiger partial charge in [-0.25, -0.2) is 0 Å². The number of hydrogen-bond acceptors (Lipinski definition) is 22. The van der Waals surface area contributed by atoms with Gasteiger partial charge in [-0.1, -0.05) is 97.4 Å². The summed E-state index contributed by atoms with van der Waals surface area (Å²) < 4.78 is 87.2. The molecule has 0 fully saturated rings. The number of amides is 1. The van der Waals surface area contributed by atoms with E-state index in [-0.39, 0.29) is 25.5 Å². The Morgan fingerprint density at radius 1 is 0.315 bits per heavy atom. The Morgan fingerprint density at radius 3 is 0.954 bits per heavy atom. The zero-order valence-electron chi connectivity index (χ0n) is 75.2. The van der Waals surface area contributed by atoms with Crippen LogP contribution in [0.15, 0.2) is 24.3 Å². The monoisotopic (exact) mass is 1760 g/mol. The molecule has 0 rings (SSSR count). The molecule has 0 heterocycles. The second kappa shape index (κ2) is 56.8. The van der Waals surface area contributed by atoms with Crippen LogP contribution in [0.1, 0.15) is 137 Å². The minimum absolute atomic E-state index is 0. The number of rotatable bonds is 67. The second-order valence-corrected chi connectivity index (χ2v) is 83.7.